The highest BCUT2D eigenvalue weighted by molar-refractivity contribution is 5.96. The first-order valence-electron chi connectivity index (χ1n) is 12.7. The molecule has 3 aromatic heterocycles. The summed E-state index contributed by atoms with van der Waals surface area (Å²) in [4.78, 5) is 31.9. The molecule has 0 bridgehead atoms. The fraction of sp³-hybridized carbons (Fsp3) is 0.345. The molecule has 2 aliphatic rings. The molecule has 0 unspecified atom stereocenters. The normalized spacial score (nSPS) is 16.8. The highest BCUT2D eigenvalue weighted by Crippen LogP contribution is 2.32. The summed E-state index contributed by atoms with van der Waals surface area (Å²) in [5, 5.41) is 0.938. The zero-order chi connectivity index (χ0) is 24.6. The fourth-order valence-electron chi connectivity index (χ4n) is 5.51. The van der Waals surface area contributed by atoms with Crippen LogP contribution < -0.4 is 10.5 Å². The molecule has 1 aromatic carbocycles. The van der Waals surface area contributed by atoms with E-state index >= 15 is 0 Å². The number of rotatable bonds is 5. The molecule has 2 aliphatic heterocycles. The van der Waals surface area contributed by atoms with E-state index in [1.54, 1.807) is 0 Å². The number of aromatic nitrogens is 3. The number of carbonyl (C=O) groups is 1. The van der Waals surface area contributed by atoms with Crippen molar-refractivity contribution in [1.29, 1.82) is 0 Å². The Balaban J connectivity index is 1.38. The Hall–Kier alpha value is -3.71. The van der Waals surface area contributed by atoms with E-state index in [4.69, 9.17) is 4.74 Å². The van der Waals surface area contributed by atoms with Crippen molar-refractivity contribution >= 4 is 22.5 Å². The molecule has 2 saturated heterocycles. The van der Waals surface area contributed by atoms with Crippen LogP contribution in [0.2, 0.25) is 0 Å². The van der Waals surface area contributed by atoms with Crippen molar-refractivity contribution in [3.05, 3.63) is 71.5 Å². The summed E-state index contributed by atoms with van der Waals surface area (Å²) in [6.07, 6.45) is 11.2. The van der Waals surface area contributed by atoms with Gasteiger partial charge in [-0.2, -0.15) is 0 Å². The molecule has 5 heterocycles. The van der Waals surface area contributed by atoms with Crippen molar-refractivity contribution < 1.29 is 9.53 Å². The highest BCUT2D eigenvalue weighted by atomic mass is 16.5. The lowest BCUT2D eigenvalue weighted by Gasteiger charge is -2.23. The number of carbonyl (C=O) groups excluding carboxylic acids is 1. The number of benzene rings is 1. The van der Waals surface area contributed by atoms with Crippen molar-refractivity contribution in [1.82, 2.24) is 14.1 Å². The molecule has 36 heavy (non-hydrogen) atoms. The van der Waals surface area contributed by atoms with Gasteiger partial charge in [0.25, 0.3) is 5.56 Å². The highest BCUT2D eigenvalue weighted by Gasteiger charge is 2.22. The third-order valence-corrected chi connectivity index (χ3v) is 7.54. The molecule has 0 aliphatic carbocycles. The Labute approximate surface area is 209 Å². The number of amides is 1. The van der Waals surface area contributed by atoms with Crippen LogP contribution in [0.25, 0.3) is 33.2 Å². The average molecular weight is 483 g/mol. The standard InChI is InChI=1S/C29H30N4O3/c1-31-12-8-25-26(19-32(29(35)28(25)31)18-20-9-13-36-14-10-20)23-15-22(16-30-17-23)21-4-6-24(7-5-21)33-11-2-3-27(33)34/h4-8,12,15-17,19-20H,2-3,9-11,13-14,18H2,1H3. The van der Waals surface area contributed by atoms with Crippen LogP contribution in [-0.4, -0.2) is 39.8 Å². The lowest BCUT2D eigenvalue weighted by molar-refractivity contribution is -0.117. The second-order valence-electron chi connectivity index (χ2n) is 9.90. The van der Waals surface area contributed by atoms with Gasteiger partial charge in [-0.25, -0.2) is 0 Å². The number of ether oxygens (including phenoxy) is 1. The monoisotopic (exact) mass is 482 g/mol. The number of pyridine rings is 2. The van der Waals surface area contributed by atoms with Crippen LogP contribution in [0.3, 0.4) is 0 Å². The summed E-state index contributed by atoms with van der Waals surface area (Å²) in [5.74, 6) is 0.627. The summed E-state index contributed by atoms with van der Waals surface area (Å²) in [6, 6.07) is 12.3. The molecule has 4 aromatic rings. The zero-order valence-corrected chi connectivity index (χ0v) is 20.5. The molecule has 0 saturated carbocycles. The first-order valence-corrected chi connectivity index (χ1v) is 12.7. The number of hydrogen-bond donors (Lipinski definition) is 0. The zero-order valence-electron chi connectivity index (χ0n) is 20.5. The van der Waals surface area contributed by atoms with E-state index in [2.05, 4.69) is 11.1 Å². The molecule has 6 rings (SSSR count). The summed E-state index contributed by atoms with van der Waals surface area (Å²) < 4.78 is 9.31. The van der Waals surface area contributed by atoms with Gasteiger partial charge in [-0.15, -0.1) is 0 Å². The average Bonchev–Trinajstić information content (AvgIpc) is 3.52. The fourth-order valence-corrected chi connectivity index (χ4v) is 5.51. The van der Waals surface area contributed by atoms with Gasteiger partial charge >= 0.3 is 0 Å². The number of hydrogen-bond acceptors (Lipinski definition) is 4. The molecule has 7 heteroatoms. The smallest absolute Gasteiger partial charge is 0.275 e. The van der Waals surface area contributed by atoms with Crippen molar-refractivity contribution in [2.24, 2.45) is 13.0 Å². The third kappa shape index (κ3) is 4.13. The number of fused-ring (bicyclic) bond motifs is 1. The molecule has 0 spiro atoms. The minimum Gasteiger partial charge on any atom is -0.381 e. The van der Waals surface area contributed by atoms with Gasteiger partial charge in [0.15, 0.2) is 0 Å². The Kier molecular flexibility index (Phi) is 5.93. The van der Waals surface area contributed by atoms with Gasteiger partial charge in [0, 0.05) is 92.3 Å². The van der Waals surface area contributed by atoms with Gasteiger partial charge in [-0.3, -0.25) is 14.6 Å². The molecular formula is C29H30N4O3. The van der Waals surface area contributed by atoms with Gasteiger partial charge in [-0.05, 0) is 55.0 Å². The maximum atomic E-state index is 13.4. The predicted molar refractivity (Wildman–Crippen MR) is 141 cm³/mol. The number of nitrogens with zero attached hydrogens (tertiary/aromatic N) is 4. The van der Waals surface area contributed by atoms with Crippen LogP contribution in [0.5, 0.6) is 0 Å². The Morgan fingerprint density at radius 3 is 2.53 bits per heavy atom. The number of anilines is 1. The summed E-state index contributed by atoms with van der Waals surface area (Å²) in [6.45, 7) is 3.00. The molecule has 2 fully saturated rings. The van der Waals surface area contributed by atoms with Crippen molar-refractivity contribution in [3.63, 3.8) is 0 Å². The van der Waals surface area contributed by atoms with Crippen LogP contribution in [0.1, 0.15) is 25.7 Å². The largest absolute Gasteiger partial charge is 0.381 e. The maximum absolute atomic E-state index is 13.4. The Morgan fingerprint density at radius 2 is 1.78 bits per heavy atom. The lowest BCUT2D eigenvalue weighted by atomic mass is 9.99. The Morgan fingerprint density at radius 1 is 1.00 bits per heavy atom. The van der Waals surface area contributed by atoms with Crippen molar-refractivity contribution in [2.75, 3.05) is 24.7 Å². The maximum Gasteiger partial charge on any atom is 0.275 e. The summed E-state index contributed by atoms with van der Waals surface area (Å²) >= 11 is 0. The molecule has 1 amide bonds. The molecular weight excluding hydrogens is 452 g/mol. The molecule has 0 N–H and O–H groups in total. The molecule has 0 radical (unpaired) electrons. The van der Waals surface area contributed by atoms with E-state index in [-0.39, 0.29) is 11.5 Å². The van der Waals surface area contributed by atoms with Gasteiger partial charge in [0.2, 0.25) is 5.91 Å². The van der Waals surface area contributed by atoms with Crippen molar-refractivity contribution in [3.8, 4) is 22.3 Å². The van der Waals surface area contributed by atoms with E-state index in [0.717, 1.165) is 72.3 Å². The Bertz CT molecular complexity index is 1480. The van der Waals surface area contributed by atoms with Gasteiger partial charge in [-0.1, -0.05) is 12.1 Å². The minimum atomic E-state index is 0.0453. The SMILES string of the molecule is Cn1ccc2c(-c3cncc(-c4ccc(N5CCCC5=O)cc4)c3)cn(CC3CCOCC3)c(=O)c21. The third-order valence-electron chi connectivity index (χ3n) is 7.54. The van der Waals surface area contributed by atoms with E-state index in [0.29, 0.717) is 24.4 Å². The van der Waals surface area contributed by atoms with Crippen LogP contribution in [0, 0.1) is 5.92 Å². The molecule has 184 valence electrons. The van der Waals surface area contributed by atoms with E-state index in [1.807, 2.05) is 76.2 Å². The van der Waals surface area contributed by atoms with Gasteiger partial charge in [0.1, 0.15) is 5.52 Å². The predicted octanol–water partition coefficient (Wildman–Crippen LogP) is 4.62. The van der Waals surface area contributed by atoms with Gasteiger partial charge in [0.05, 0.1) is 0 Å². The van der Waals surface area contributed by atoms with Crippen LogP contribution in [0.4, 0.5) is 5.69 Å². The quantitative estimate of drug-likeness (QED) is 0.416. The van der Waals surface area contributed by atoms with Crippen LogP contribution in [0.15, 0.2) is 66.0 Å². The van der Waals surface area contributed by atoms with Crippen LogP contribution in [-0.2, 0) is 23.1 Å². The first-order chi connectivity index (χ1) is 17.6. The van der Waals surface area contributed by atoms with E-state index in [1.165, 1.54) is 0 Å². The topological polar surface area (TPSA) is 69.4 Å². The second-order valence-corrected chi connectivity index (χ2v) is 9.90. The molecule has 7 nitrogen and oxygen atoms in total. The summed E-state index contributed by atoms with van der Waals surface area (Å²) in [5.41, 5.74) is 5.72. The minimum absolute atomic E-state index is 0.0453. The van der Waals surface area contributed by atoms with E-state index in [9.17, 15) is 9.59 Å². The van der Waals surface area contributed by atoms with Crippen LogP contribution >= 0.6 is 0 Å². The second kappa shape index (κ2) is 9.39. The number of aryl methyl sites for hydroxylation is 1. The van der Waals surface area contributed by atoms with Crippen molar-refractivity contribution in [2.45, 2.75) is 32.2 Å². The first kappa shape index (κ1) is 22.7. The van der Waals surface area contributed by atoms with E-state index < -0.39 is 0 Å². The van der Waals surface area contributed by atoms with Gasteiger partial charge < -0.3 is 18.8 Å². The summed E-state index contributed by atoms with van der Waals surface area (Å²) in [7, 11) is 1.92. The lowest BCUT2D eigenvalue weighted by Crippen LogP contribution is -2.28. The molecule has 0 atom stereocenters.